The van der Waals surface area contributed by atoms with Crippen LogP contribution in [0.2, 0.25) is 0 Å². The quantitative estimate of drug-likeness (QED) is 0.662. The summed E-state index contributed by atoms with van der Waals surface area (Å²) in [4.78, 5) is 0. The number of hydrogen-bond acceptors (Lipinski definition) is 2. The smallest absolute Gasteiger partial charge is 0.256 e. The highest BCUT2D eigenvalue weighted by molar-refractivity contribution is 4.91. The van der Waals surface area contributed by atoms with Crippen LogP contribution in [-0.4, -0.2) is 25.2 Å². The van der Waals surface area contributed by atoms with Gasteiger partial charge in [0.15, 0.2) is 0 Å². The minimum atomic E-state index is -2.46. The van der Waals surface area contributed by atoms with Gasteiger partial charge in [-0.3, -0.25) is 0 Å². The first-order valence-electron chi connectivity index (χ1n) is 3.70. The molecule has 1 aliphatic heterocycles. The van der Waals surface area contributed by atoms with Crippen LogP contribution in [0.25, 0.3) is 0 Å². The molecule has 0 aromatic rings. The summed E-state index contributed by atoms with van der Waals surface area (Å²) in [6.45, 7) is 2.32. The number of alkyl halides is 2. The number of ether oxygens (including phenoxy) is 1. The molecule has 1 fully saturated rings. The molecule has 1 rings (SSSR count). The van der Waals surface area contributed by atoms with Crippen molar-refractivity contribution in [1.29, 1.82) is 0 Å². The topological polar surface area (TPSA) is 35.2 Å². The van der Waals surface area contributed by atoms with E-state index in [0.717, 1.165) is 0 Å². The predicted octanol–water partition coefficient (Wildman–Crippen LogP) is 1.01. The molecule has 0 radical (unpaired) electrons. The largest absolute Gasteiger partial charge is 0.381 e. The van der Waals surface area contributed by atoms with Crippen LogP contribution in [-0.2, 0) is 4.74 Å². The molecule has 0 saturated carbocycles. The first kappa shape index (κ1) is 8.87. The van der Waals surface area contributed by atoms with Gasteiger partial charge in [-0.25, -0.2) is 8.78 Å². The monoisotopic (exact) mass is 165 g/mol. The predicted molar refractivity (Wildman–Crippen MR) is 37.5 cm³/mol. The summed E-state index contributed by atoms with van der Waals surface area (Å²) in [5, 5.41) is 0. The van der Waals surface area contributed by atoms with Crippen LogP contribution in [0.15, 0.2) is 0 Å². The van der Waals surface area contributed by atoms with Gasteiger partial charge in [-0.2, -0.15) is 0 Å². The van der Waals surface area contributed by atoms with Gasteiger partial charge in [-0.1, -0.05) is 0 Å². The Bertz CT molecular complexity index is 132. The summed E-state index contributed by atoms with van der Waals surface area (Å²) in [6.07, 6.45) is -1.81. The second-order valence-electron chi connectivity index (χ2n) is 3.23. The molecule has 0 aromatic heterocycles. The third kappa shape index (κ3) is 1.68. The van der Waals surface area contributed by atoms with Crippen LogP contribution in [0.3, 0.4) is 0 Å². The normalized spacial score (nSPS) is 30.8. The molecule has 1 saturated heterocycles. The maximum Gasteiger partial charge on any atom is 0.256 e. The Labute approximate surface area is 64.7 Å². The van der Waals surface area contributed by atoms with Crippen molar-refractivity contribution < 1.29 is 13.5 Å². The van der Waals surface area contributed by atoms with Crippen molar-refractivity contribution in [2.45, 2.75) is 25.3 Å². The van der Waals surface area contributed by atoms with Gasteiger partial charge < -0.3 is 10.5 Å². The molecule has 1 aliphatic rings. The van der Waals surface area contributed by atoms with Gasteiger partial charge in [-0.05, 0) is 13.3 Å². The Kier molecular flexibility index (Phi) is 2.44. The van der Waals surface area contributed by atoms with Crippen molar-refractivity contribution >= 4 is 0 Å². The molecule has 0 aromatic carbocycles. The zero-order chi connectivity index (χ0) is 8.48. The molecule has 66 valence electrons. The van der Waals surface area contributed by atoms with Crippen molar-refractivity contribution in [1.82, 2.24) is 0 Å². The van der Waals surface area contributed by atoms with Gasteiger partial charge in [-0.15, -0.1) is 0 Å². The standard InChI is InChI=1S/C7H13F2NO/c1-7(10,6(8)9)5-2-3-11-4-5/h5-6H,2-4,10H2,1H3. The Hall–Kier alpha value is -0.220. The number of nitrogens with two attached hydrogens (primary N) is 1. The third-order valence-corrected chi connectivity index (χ3v) is 2.28. The molecule has 1 heterocycles. The van der Waals surface area contributed by atoms with Gasteiger partial charge in [0, 0.05) is 12.5 Å². The molecule has 0 spiro atoms. The molecule has 2 nitrogen and oxygen atoms in total. The second kappa shape index (κ2) is 3.03. The van der Waals surface area contributed by atoms with Crippen molar-refractivity contribution in [3.05, 3.63) is 0 Å². The summed E-state index contributed by atoms with van der Waals surface area (Å²) in [6, 6.07) is 0. The fourth-order valence-electron chi connectivity index (χ4n) is 1.20. The SMILES string of the molecule is CC(N)(C(F)F)C1CCOC1. The van der Waals surface area contributed by atoms with Crippen LogP contribution < -0.4 is 5.73 Å². The van der Waals surface area contributed by atoms with Crippen molar-refractivity contribution in [3.63, 3.8) is 0 Å². The molecule has 11 heavy (non-hydrogen) atoms. The minimum Gasteiger partial charge on any atom is -0.381 e. The van der Waals surface area contributed by atoms with E-state index in [9.17, 15) is 8.78 Å². The molecule has 0 bridgehead atoms. The van der Waals surface area contributed by atoms with E-state index in [1.54, 1.807) is 0 Å². The fourth-order valence-corrected chi connectivity index (χ4v) is 1.20. The second-order valence-corrected chi connectivity index (χ2v) is 3.23. The minimum absolute atomic E-state index is 0.192. The highest BCUT2D eigenvalue weighted by Crippen LogP contribution is 2.28. The molecular weight excluding hydrogens is 152 g/mol. The number of rotatable bonds is 2. The third-order valence-electron chi connectivity index (χ3n) is 2.28. The van der Waals surface area contributed by atoms with E-state index < -0.39 is 12.0 Å². The van der Waals surface area contributed by atoms with Crippen LogP contribution in [0.1, 0.15) is 13.3 Å². The summed E-state index contributed by atoms with van der Waals surface area (Å²) in [5.74, 6) is -0.192. The molecule has 0 amide bonds. The Balaban J connectivity index is 2.55. The van der Waals surface area contributed by atoms with Crippen LogP contribution in [0.5, 0.6) is 0 Å². The van der Waals surface area contributed by atoms with Gasteiger partial charge in [0.1, 0.15) is 0 Å². The van der Waals surface area contributed by atoms with Crippen LogP contribution in [0, 0.1) is 5.92 Å². The average Bonchev–Trinajstić information content (AvgIpc) is 2.37. The van der Waals surface area contributed by atoms with Gasteiger partial charge in [0.25, 0.3) is 6.43 Å². The van der Waals surface area contributed by atoms with E-state index in [4.69, 9.17) is 10.5 Å². The van der Waals surface area contributed by atoms with E-state index in [0.29, 0.717) is 19.6 Å². The van der Waals surface area contributed by atoms with Crippen molar-refractivity contribution in [2.75, 3.05) is 13.2 Å². The zero-order valence-electron chi connectivity index (χ0n) is 6.52. The maximum absolute atomic E-state index is 12.3. The molecule has 4 heteroatoms. The van der Waals surface area contributed by atoms with E-state index >= 15 is 0 Å². The summed E-state index contributed by atoms with van der Waals surface area (Å²) >= 11 is 0. The lowest BCUT2D eigenvalue weighted by molar-refractivity contribution is 0.0245. The summed E-state index contributed by atoms with van der Waals surface area (Å²) < 4.78 is 29.5. The van der Waals surface area contributed by atoms with Crippen LogP contribution in [0.4, 0.5) is 8.78 Å². The van der Waals surface area contributed by atoms with Crippen molar-refractivity contribution in [3.8, 4) is 0 Å². The number of hydrogen-bond donors (Lipinski definition) is 1. The fraction of sp³-hybridized carbons (Fsp3) is 1.00. The Morgan fingerprint density at radius 1 is 1.64 bits per heavy atom. The van der Waals surface area contributed by atoms with Gasteiger partial charge in [0.2, 0.25) is 0 Å². The lowest BCUT2D eigenvalue weighted by atomic mass is 9.86. The molecular formula is C7H13F2NO. The van der Waals surface area contributed by atoms with E-state index in [2.05, 4.69) is 0 Å². The molecule has 2 atom stereocenters. The lowest BCUT2D eigenvalue weighted by Crippen LogP contribution is -2.50. The van der Waals surface area contributed by atoms with Crippen LogP contribution >= 0.6 is 0 Å². The maximum atomic E-state index is 12.3. The van der Waals surface area contributed by atoms with Gasteiger partial charge in [0.05, 0.1) is 12.1 Å². The Morgan fingerprint density at radius 2 is 2.27 bits per heavy atom. The van der Waals surface area contributed by atoms with E-state index in [1.807, 2.05) is 0 Å². The number of halogens is 2. The average molecular weight is 165 g/mol. The first-order chi connectivity index (χ1) is 5.05. The summed E-state index contributed by atoms with van der Waals surface area (Å²) in [5.41, 5.74) is 4.06. The van der Waals surface area contributed by atoms with Crippen molar-refractivity contribution in [2.24, 2.45) is 11.7 Å². The highest BCUT2D eigenvalue weighted by atomic mass is 19.3. The highest BCUT2D eigenvalue weighted by Gasteiger charge is 2.40. The molecule has 2 N–H and O–H groups in total. The molecule has 2 unspecified atom stereocenters. The van der Waals surface area contributed by atoms with E-state index in [-0.39, 0.29) is 5.92 Å². The zero-order valence-corrected chi connectivity index (χ0v) is 6.52. The van der Waals surface area contributed by atoms with E-state index in [1.165, 1.54) is 6.92 Å². The summed E-state index contributed by atoms with van der Waals surface area (Å²) in [7, 11) is 0. The molecule has 0 aliphatic carbocycles. The Morgan fingerprint density at radius 3 is 2.64 bits per heavy atom. The lowest BCUT2D eigenvalue weighted by Gasteiger charge is -2.29. The van der Waals surface area contributed by atoms with Gasteiger partial charge >= 0.3 is 0 Å². The first-order valence-corrected chi connectivity index (χ1v) is 3.70.